The largest absolute Gasteiger partial charge is 0.384 e. The Morgan fingerprint density at radius 3 is 2.35 bits per heavy atom. The van der Waals surface area contributed by atoms with E-state index >= 15 is 0 Å². The highest BCUT2D eigenvalue weighted by Gasteiger charge is 2.01. The van der Waals surface area contributed by atoms with Gasteiger partial charge < -0.3 is 11.5 Å². The minimum atomic E-state index is 0.0820. The van der Waals surface area contributed by atoms with Crippen molar-refractivity contribution in [3.63, 3.8) is 0 Å². The van der Waals surface area contributed by atoms with E-state index in [2.05, 4.69) is 10.7 Å². The summed E-state index contributed by atoms with van der Waals surface area (Å²) in [6.45, 7) is 4.00. The average Bonchev–Trinajstić information content (AvgIpc) is 2.42. The lowest BCUT2D eigenvalue weighted by Crippen LogP contribution is -2.11. The molecule has 17 heavy (non-hydrogen) atoms. The number of nitrogens with zero attached hydrogens (tertiary/aromatic N) is 1. The minimum Gasteiger partial charge on any atom is -0.384 e. The Bertz CT molecular complexity index is 460. The summed E-state index contributed by atoms with van der Waals surface area (Å²) in [6, 6.07) is 9.34. The summed E-state index contributed by atoms with van der Waals surface area (Å²) < 4.78 is 0. The first-order chi connectivity index (χ1) is 8.29. The molecule has 1 aromatic carbocycles. The van der Waals surface area contributed by atoms with Crippen molar-refractivity contribution < 1.29 is 0 Å². The fraction of sp³-hybridized carbons (Fsp3) is 0.231. The number of rotatable bonds is 1. The van der Waals surface area contributed by atoms with Crippen LogP contribution in [0.15, 0.2) is 36.5 Å². The normalized spacial score (nSPS) is 8.47. The fourth-order valence-corrected chi connectivity index (χ4v) is 1.34. The average molecular weight is 232 g/mol. The highest BCUT2D eigenvalue weighted by atomic mass is 14.7. The van der Waals surface area contributed by atoms with E-state index in [1.807, 2.05) is 44.2 Å². The summed E-state index contributed by atoms with van der Waals surface area (Å²) >= 11 is 0. The van der Waals surface area contributed by atoms with Gasteiger partial charge in [0.15, 0.2) is 0 Å². The van der Waals surface area contributed by atoms with Crippen molar-refractivity contribution in [2.24, 2.45) is 11.5 Å². The second-order valence-corrected chi connectivity index (χ2v) is 2.79. The predicted molar refractivity (Wildman–Crippen MR) is 74.2 cm³/mol. The number of fused-ring (bicyclic) bond motifs is 1. The fourth-order valence-electron chi connectivity index (χ4n) is 1.34. The van der Waals surface area contributed by atoms with Gasteiger partial charge in [-0.1, -0.05) is 32.0 Å². The van der Waals surface area contributed by atoms with E-state index in [1.54, 1.807) is 6.20 Å². The second-order valence-electron chi connectivity index (χ2n) is 2.79. The second kappa shape index (κ2) is 8.24. The van der Waals surface area contributed by atoms with Crippen LogP contribution in [0, 0.1) is 5.41 Å². The van der Waals surface area contributed by atoms with Crippen LogP contribution in [0.5, 0.6) is 0 Å². The van der Waals surface area contributed by atoms with Crippen LogP contribution in [0.4, 0.5) is 0 Å². The molecule has 0 amide bonds. The molecule has 92 valence electrons. The summed E-state index contributed by atoms with van der Waals surface area (Å²) in [5.41, 5.74) is 11.5. The van der Waals surface area contributed by atoms with E-state index in [0.29, 0.717) is 0 Å². The molecule has 2 rings (SSSR count). The molecule has 4 nitrogen and oxygen atoms in total. The molecule has 0 aliphatic heterocycles. The molecule has 0 radical (unpaired) electrons. The molecule has 0 atom stereocenters. The van der Waals surface area contributed by atoms with Crippen molar-refractivity contribution in [1.82, 2.24) is 4.98 Å². The zero-order chi connectivity index (χ0) is 13.3. The quantitative estimate of drug-likeness (QED) is 0.519. The van der Waals surface area contributed by atoms with Crippen molar-refractivity contribution in [3.05, 3.63) is 42.1 Å². The Morgan fingerprint density at radius 2 is 1.76 bits per heavy atom. The van der Waals surface area contributed by atoms with Crippen molar-refractivity contribution >= 4 is 16.7 Å². The summed E-state index contributed by atoms with van der Waals surface area (Å²) in [4.78, 5) is 4.17. The summed E-state index contributed by atoms with van der Waals surface area (Å²) in [5.74, 6) is 0.0820. The number of pyridine rings is 1. The Kier molecular flexibility index (Phi) is 7.30. The highest BCUT2D eigenvalue weighted by Crippen LogP contribution is 2.15. The molecule has 0 unspecified atom stereocenters. The Labute approximate surface area is 102 Å². The van der Waals surface area contributed by atoms with Gasteiger partial charge in [-0.3, -0.25) is 10.4 Å². The number of hydrogen-bond donors (Lipinski definition) is 3. The molecule has 0 aliphatic rings. The van der Waals surface area contributed by atoms with Gasteiger partial charge in [0.25, 0.3) is 0 Å². The zero-order valence-corrected chi connectivity index (χ0v) is 10.6. The number of amidine groups is 1. The third-order valence-electron chi connectivity index (χ3n) is 1.94. The molecule has 0 bridgehead atoms. The topological polar surface area (TPSA) is 88.8 Å². The standard InChI is InChI=1S/C10H9N3.C2H6.CH5N/c11-10(12)8-3-1-5-9-7(8)4-2-6-13-9;2*1-2/h1-6H,(H3,11,12);1-2H3;2H2,1H3. The third-order valence-corrected chi connectivity index (χ3v) is 1.94. The smallest absolute Gasteiger partial charge is 0.123 e. The lowest BCUT2D eigenvalue weighted by Gasteiger charge is -2.02. The maximum absolute atomic E-state index is 7.37. The highest BCUT2D eigenvalue weighted by molar-refractivity contribution is 6.06. The monoisotopic (exact) mass is 232 g/mol. The molecule has 2 aromatic rings. The SMILES string of the molecule is CC.CN.N=C(N)c1cccc2ncccc12. The van der Waals surface area contributed by atoms with Crippen LogP contribution in [0.1, 0.15) is 19.4 Å². The molecule has 5 N–H and O–H groups in total. The maximum Gasteiger partial charge on any atom is 0.123 e. The van der Waals surface area contributed by atoms with Crippen molar-refractivity contribution in [1.29, 1.82) is 5.41 Å². The van der Waals surface area contributed by atoms with E-state index in [4.69, 9.17) is 11.1 Å². The lowest BCUT2D eigenvalue weighted by atomic mass is 10.1. The molecular weight excluding hydrogens is 212 g/mol. The predicted octanol–water partition coefficient (Wildman–Crippen LogP) is 2.12. The molecule has 0 spiro atoms. The number of nitrogens with two attached hydrogens (primary N) is 2. The third kappa shape index (κ3) is 3.85. The van der Waals surface area contributed by atoms with Gasteiger partial charge in [0, 0.05) is 17.1 Å². The zero-order valence-electron chi connectivity index (χ0n) is 10.6. The number of nitrogens with one attached hydrogen (secondary N) is 1. The lowest BCUT2D eigenvalue weighted by molar-refractivity contribution is 1.39. The van der Waals surface area contributed by atoms with Gasteiger partial charge in [-0.15, -0.1) is 0 Å². The van der Waals surface area contributed by atoms with Gasteiger partial charge in [-0.2, -0.15) is 0 Å². The molecule has 0 saturated carbocycles. The van der Waals surface area contributed by atoms with E-state index in [-0.39, 0.29) is 5.84 Å². The van der Waals surface area contributed by atoms with Crippen molar-refractivity contribution in [2.75, 3.05) is 7.05 Å². The van der Waals surface area contributed by atoms with Crippen LogP contribution in [0.3, 0.4) is 0 Å². The number of nitrogen functional groups attached to an aromatic ring is 1. The molecule has 1 aromatic heterocycles. The van der Waals surface area contributed by atoms with E-state index in [9.17, 15) is 0 Å². The van der Waals surface area contributed by atoms with Gasteiger partial charge in [-0.05, 0) is 19.2 Å². The van der Waals surface area contributed by atoms with Crippen LogP contribution in [0.25, 0.3) is 10.9 Å². The first-order valence-electron chi connectivity index (χ1n) is 5.55. The van der Waals surface area contributed by atoms with Gasteiger partial charge in [0.1, 0.15) is 5.84 Å². The minimum absolute atomic E-state index is 0.0820. The summed E-state index contributed by atoms with van der Waals surface area (Å²) in [5, 5.41) is 8.30. The van der Waals surface area contributed by atoms with Crippen LogP contribution in [-0.4, -0.2) is 17.9 Å². The molecule has 1 heterocycles. The van der Waals surface area contributed by atoms with Crippen molar-refractivity contribution in [3.8, 4) is 0 Å². The van der Waals surface area contributed by atoms with Gasteiger partial charge in [0.05, 0.1) is 5.52 Å². The Morgan fingerprint density at radius 1 is 1.12 bits per heavy atom. The molecule has 0 aliphatic carbocycles. The van der Waals surface area contributed by atoms with Crippen LogP contribution >= 0.6 is 0 Å². The number of benzene rings is 1. The van der Waals surface area contributed by atoms with E-state index in [1.165, 1.54) is 7.05 Å². The van der Waals surface area contributed by atoms with Crippen LogP contribution in [0.2, 0.25) is 0 Å². The van der Waals surface area contributed by atoms with Crippen molar-refractivity contribution in [2.45, 2.75) is 13.8 Å². The summed E-state index contributed by atoms with van der Waals surface area (Å²) in [6.07, 6.45) is 1.73. The summed E-state index contributed by atoms with van der Waals surface area (Å²) in [7, 11) is 1.50. The van der Waals surface area contributed by atoms with Crippen LogP contribution in [-0.2, 0) is 0 Å². The van der Waals surface area contributed by atoms with E-state index < -0.39 is 0 Å². The van der Waals surface area contributed by atoms with E-state index in [0.717, 1.165) is 16.5 Å². The van der Waals surface area contributed by atoms with Gasteiger partial charge >= 0.3 is 0 Å². The Hall–Kier alpha value is -1.94. The Balaban J connectivity index is 0.000000581. The van der Waals surface area contributed by atoms with Crippen LogP contribution < -0.4 is 11.5 Å². The molecule has 4 heteroatoms. The number of aromatic nitrogens is 1. The molecular formula is C13H20N4. The first-order valence-corrected chi connectivity index (χ1v) is 5.55. The molecule has 0 saturated heterocycles. The van der Waals surface area contributed by atoms with Gasteiger partial charge in [0.2, 0.25) is 0 Å². The van der Waals surface area contributed by atoms with Gasteiger partial charge in [-0.25, -0.2) is 0 Å². The maximum atomic E-state index is 7.37. The number of hydrogen-bond acceptors (Lipinski definition) is 3. The molecule has 0 fully saturated rings. The first kappa shape index (κ1) is 15.1.